The summed E-state index contributed by atoms with van der Waals surface area (Å²) in [7, 11) is 1.65. The molecule has 0 radical (unpaired) electrons. The predicted octanol–water partition coefficient (Wildman–Crippen LogP) is 8.91. The minimum absolute atomic E-state index is 0.441. The van der Waals surface area contributed by atoms with Gasteiger partial charge in [-0.25, -0.2) is 0 Å². The number of aromatic nitrogens is 1. The fourth-order valence-corrected chi connectivity index (χ4v) is 9.28. The maximum Gasteiger partial charge on any atom is 0.203 e. The number of hydrogen-bond donors (Lipinski definition) is 0. The van der Waals surface area contributed by atoms with Crippen molar-refractivity contribution in [3.8, 4) is 0 Å². The van der Waals surface area contributed by atoms with Gasteiger partial charge in [0.05, 0.1) is 5.69 Å². The molecule has 1 aromatic heterocycles. The fraction of sp³-hybridized carbons (Fsp3) is 0.880. The van der Waals surface area contributed by atoms with Crippen LogP contribution in [0.2, 0.25) is 0 Å². The smallest absolute Gasteiger partial charge is 0.203 e. The Labute approximate surface area is 194 Å². The summed E-state index contributed by atoms with van der Waals surface area (Å²) in [6.45, 7) is 11.8. The third-order valence-corrected chi connectivity index (χ3v) is 11.5. The number of fused-ring (bicyclic) bond motifs is 5. The molecule has 4 saturated carbocycles. The van der Waals surface area contributed by atoms with E-state index in [2.05, 4.69) is 53.2 Å². The Morgan fingerprint density at radius 2 is 1.72 bits per heavy atom. The second-order valence-electron chi connectivity index (χ2n) is 10.9. The lowest BCUT2D eigenvalue weighted by Gasteiger charge is -2.61. The number of halogens is 1. The van der Waals surface area contributed by atoms with Gasteiger partial charge in [0.25, 0.3) is 0 Å². The summed E-state index contributed by atoms with van der Waals surface area (Å²) >= 11 is 2.30. The van der Waals surface area contributed by atoms with E-state index in [1.165, 1.54) is 63.5 Å². The average molecular weight is 530 g/mol. The van der Waals surface area contributed by atoms with Crippen LogP contribution in [0.4, 0.5) is 0 Å². The van der Waals surface area contributed by atoms with Crippen LogP contribution in [-0.2, 0) is 0 Å². The highest BCUT2D eigenvalue weighted by Crippen LogP contribution is 2.69. The molecule has 1 aromatic rings. The van der Waals surface area contributed by atoms with Crippen molar-refractivity contribution in [3.63, 3.8) is 0 Å². The highest BCUT2D eigenvalue weighted by atomic mass is 127. The molecular weight excluding hydrogens is 489 g/mol. The molecule has 0 saturated heterocycles. The zero-order valence-electron chi connectivity index (χ0n) is 19.0. The van der Waals surface area contributed by atoms with Crippen molar-refractivity contribution in [3.05, 3.63) is 11.8 Å². The molecule has 4 fully saturated rings. The van der Waals surface area contributed by atoms with Crippen LogP contribution in [0.5, 0.6) is 0 Å². The van der Waals surface area contributed by atoms with Gasteiger partial charge in [-0.15, -0.1) is 0 Å². The highest BCUT2D eigenvalue weighted by molar-refractivity contribution is 14.2. The van der Waals surface area contributed by atoms with Crippen molar-refractivity contribution in [1.29, 1.82) is 0 Å². The first-order valence-corrected chi connectivity index (χ1v) is 15.6. The second-order valence-corrected chi connectivity index (χ2v) is 12.7. The second kappa shape index (κ2) is 8.67. The molecule has 0 spiro atoms. The number of nitrogens with zero attached hydrogens (tertiary/aromatic N) is 1. The Hall–Kier alpha value is 0.290. The van der Waals surface area contributed by atoms with Gasteiger partial charge in [-0.3, -0.25) is 0 Å². The van der Waals surface area contributed by atoms with Crippen molar-refractivity contribution in [2.24, 2.45) is 40.4 Å². The summed E-state index contributed by atoms with van der Waals surface area (Å²) in [6.07, 6.45) is 13.1. The standard InChI is InChI=1S/C23H34INOS.C2H6/c1-14-8-10-22(2)15(12-14)4-5-16-17-6-7-19(20-13-21(27-24)26-25-20)23(17,3)11-9-18(16)22;1-2/h13-19H,4-12H2,1-3H3;1-2H3. The van der Waals surface area contributed by atoms with Crippen molar-refractivity contribution < 1.29 is 4.52 Å². The lowest BCUT2D eigenvalue weighted by Crippen LogP contribution is -2.53. The van der Waals surface area contributed by atoms with E-state index < -0.39 is 0 Å². The molecule has 8 unspecified atom stereocenters. The minimum Gasteiger partial charge on any atom is -0.349 e. The van der Waals surface area contributed by atoms with Crippen LogP contribution >= 0.6 is 30.1 Å². The normalized spacial score (nSPS) is 46.1. The maximum atomic E-state index is 5.56. The summed E-state index contributed by atoms with van der Waals surface area (Å²) < 4.78 is 5.56. The molecule has 0 amide bonds. The van der Waals surface area contributed by atoms with Crippen LogP contribution in [-0.4, -0.2) is 5.16 Å². The number of rotatable bonds is 2. The lowest BCUT2D eigenvalue weighted by molar-refractivity contribution is -0.112. The van der Waals surface area contributed by atoms with Crippen LogP contribution in [0.15, 0.2) is 15.7 Å². The quantitative estimate of drug-likeness (QED) is 0.358. The summed E-state index contributed by atoms with van der Waals surface area (Å²) in [4.78, 5) is 0. The molecule has 164 valence electrons. The Morgan fingerprint density at radius 3 is 2.45 bits per heavy atom. The number of hydrogen-bond acceptors (Lipinski definition) is 3. The molecule has 0 bridgehead atoms. The van der Waals surface area contributed by atoms with Crippen LogP contribution in [0, 0.1) is 40.4 Å². The zero-order valence-corrected chi connectivity index (χ0v) is 22.0. The summed E-state index contributed by atoms with van der Waals surface area (Å²) in [6, 6.07) is 2.22. The van der Waals surface area contributed by atoms with E-state index >= 15 is 0 Å². The topological polar surface area (TPSA) is 26.0 Å². The molecule has 0 aromatic carbocycles. The Balaban J connectivity index is 0.000000994. The minimum atomic E-state index is 0.441. The van der Waals surface area contributed by atoms with E-state index in [9.17, 15) is 0 Å². The zero-order chi connectivity index (χ0) is 20.8. The third-order valence-electron chi connectivity index (χ3n) is 9.87. The van der Waals surface area contributed by atoms with Gasteiger partial charge in [0.1, 0.15) is 0 Å². The first-order chi connectivity index (χ1) is 14.0. The molecule has 4 aliphatic rings. The lowest BCUT2D eigenvalue weighted by atomic mass is 9.44. The molecule has 4 heteroatoms. The summed E-state index contributed by atoms with van der Waals surface area (Å²) in [5, 5.41) is 5.46. The van der Waals surface area contributed by atoms with Crippen molar-refractivity contribution in [1.82, 2.24) is 5.16 Å². The fourth-order valence-electron chi connectivity index (χ4n) is 8.43. The van der Waals surface area contributed by atoms with Crippen LogP contribution in [0.3, 0.4) is 0 Å². The van der Waals surface area contributed by atoms with Gasteiger partial charge >= 0.3 is 0 Å². The highest BCUT2D eigenvalue weighted by Gasteiger charge is 2.60. The molecule has 5 rings (SSSR count). The Kier molecular flexibility index (Phi) is 6.72. The Bertz CT molecular complexity index is 707. The van der Waals surface area contributed by atoms with E-state index in [0.717, 1.165) is 34.7 Å². The monoisotopic (exact) mass is 529 g/mol. The van der Waals surface area contributed by atoms with Crippen molar-refractivity contribution in [2.75, 3.05) is 0 Å². The largest absolute Gasteiger partial charge is 0.349 e. The predicted molar refractivity (Wildman–Crippen MR) is 131 cm³/mol. The molecule has 0 aliphatic heterocycles. The summed E-state index contributed by atoms with van der Waals surface area (Å²) in [5.41, 5.74) is 2.31. The van der Waals surface area contributed by atoms with Gasteiger partial charge < -0.3 is 4.52 Å². The van der Waals surface area contributed by atoms with E-state index in [4.69, 9.17) is 4.52 Å². The van der Waals surface area contributed by atoms with Gasteiger partial charge in [-0.1, -0.05) is 46.2 Å². The maximum absolute atomic E-state index is 5.56. The van der Waals surface area contributed by atoms with Crippen LogP contribution < -0.4 is 0 Å². The Morgan fingerprint density at radius 1 is 1.00 bits per heavy atom. The van der Waals surface area contributed by atoms with E-state index in [1.807, 2.05) is 13.8 Å². The third kappa shape index (κ3) is 3.64. The summed E-state index contributed by atoms with van der Waals surface area (Å²) in [5.74, 6) is 5.43. The first-order valence-electron chi connectivity index (χ1n) is 12.2. The molecule has 0 N–H and O–H groups in total. The van der Waals surface area contributed by atoms with E-state index in [0.29, 0.717) is 16.7 Å². The first kappa shape index (κ1) is 22.5. The van der Waals surface area contributed by atoms with Gasteiger partial charge in [-0.05, 0) is 101 Å². The molecule has 29 heavy (non-hydrogen) atoms. The van der Waals surface area contributed by atoms with E-state index in [-0.39, 0.29) is 0 Å². The molecule has 4 aliphatic carbocycles. The molecular formula is C25H40INOS. The SMILES string of the molecule is CC.CC1CCC2(C)C(CCC3C2CCC2(C)C(c4cc(SI)on4)CCC32)C1. The van der Waals surface area contributed by atoms with Gasteiger partial charge in [0.2, 0.25) is 5.09 Å². The molecule has 1 heterocycles. The molecule has 8 atom stereocenters. The van der Waals surface area contributed by atoms with Crippen molar-refractivity contribution in [2.45, 2.75) is 103 Å². The van der Waals surface area contributed by atoms with E-state index in [1.54, 1.807) is 8.93 Å². The average Bonchev–Trinajstić information content (AvgIpc) is 3.33. The van der Waals surface area contributed by atoms with Gasteiger partial charge in [0.15, 0.2) is 0 Å². The van der Waals surface area contributed by atoms with Gasteiger partial charge in [0, 0.05) is 33.2 Å². The van der Waals surface area contributed by atoms with Gasteiger partial charge in [-0.2, -0.15) is 0 Å². The molecule has 2 nitrogen and oxygen atoms in total. The van der Waals surface area contributed by atoms with Crippen LogP contribution in [0.25, 0.3) is 0 Å². The van der Waals surface area contributed by atoms with Crippen molar-refractivity contribution >= 4 is 30.1 Å². The van der Waals surface area contributed by atoms with Crippen LogP contribution in [0.1, 0.15) is 104 Å².